The van der Waals surface area contributed by atoms with E-state index < -0.39 is 10.0 Å². The van der Waals surface area contributed by atoms with E-state index in [1.54, 1.807) is 28.6 Å². The van der Waals surface area contributed by atoms with Crippen LogP contribution in [0.1, 0.15) is 48.9 Å². The summed E-state index contributed by atoms with van der Waals surface area (Å²) < 4.78 is 27.8. The Kier molecular flexibility index (Phi) is 6.62. The standard InChI is InChI=1S/C24H29ClN4O2S2/c1-2-3-8-21-26-23(22-19-6-4-5-7-20(19)32-24(22)27-21)28-13-15-29(16-14-28)33(30,31)18-11-9-17(25)10-12-18/h9-12H,2-8,13-16H2,1H3. The molecular weight excluding hydrogens is 476 g/mol. The Morgan fingerprint density at radius 1 is 1.03 bits per heavy atom. The van der Waals surface area contributed by atoms with Crippen LogP contribution in [0.5, 0.6) is 0 Å². The van der Waals surface area contributed by atoms with Crippen LogP contribution in [0.2, 0.25) is 5.02 Å². The van der Waals surface area contributed by atoms with E-state index in [-0.39, 0.29) is 0 Å². The molecule has 1 aliphatic carbocycles. The van der Waals surface area contributed by atoms with Crippen LogP contribution >= 0.6 is 22.9 Å². The maximum atomic E-state index is 13.1. The molecule has 0 N–H and O–H groups in total. The number of anilines is 1. The van der Waals surface area contributed by atoms with Gasteiger partial charge in [0.25, 0.3) is 0 Å². The van der Waals surface area contributed by atoms with E-state index in [0.717, 1.165) is 48.6 Å². The third-order valence-corrected chi connectivity index (χ3v) is 9.94. The number of sulfonamides is 1. The van der Waals surface area contributed by atoms with Crippen molar-refractivity contribution in [2.75, 3.05) is 31.1 Å². The molecule has 0 radical (unpaired) electrons. The van der Waals surface area contributed by atoms with Gasteiger partial charge in [0.2, 0.25) is 10.0 Å². The van der Waals surface area contributed by atoms with Gasteiger partial charge in [0, 0.05) is 42.5 Å². The fraction of sp³-hybridized carbons (Fsp3) is 0.500. The van der Waals surface area contributed by atoms with Gasteiger partial charge in [-0.2, -0.15) is 4.31 Å². The van der Waals surface area contributed by atoms with E-state index >= 15 is 0 Å². The summed E-state index contributed by atoms with van der Waals surface area (Å²) in [6.45, 7) is 4.30. The fourth-order valence-electron chi connectivity index (χ4n) is 4.75. The number of halogens is 1. The molecule has 1 saturated heterocycles. The smallest absolute Gasteiger partial charge is 0.243 e. The quantitative estimate of drug-likeness (QED) is 0.468. The van der Waals surface area contributed by atoms with Gasteiger partial charge in [-0.05, 0) is 61.9 Å². The summed E-state index contributed by atoms with van der Waals surface area (Å²) in [5.74, 6) is 1.92. The predicted octanol–water partition coefficient (Wildman–Crippen LogP) is 5.08. The van der Waals surface area contributed by atoms with Gasteiger partial charge in [0.15, 0.2) is 0 Å². The number of rotatable bonds is 6. The maximum Gasteiger partial charge on any atom is 0.243 e. The van der Waals surface area contributed by atoms with Gasteiger partial charge in [-0.15, -0.1) is 11.3 Å². The van der Waals surface area contributed by atoms with Crippen molar-refractivity contribution >= 4 is 49.0 Å². The lowest BCUT2D eigenvalue weighted by atomic mass is 9.97. The number of fused-ring (bicyclic) bond motifs is 3. The zero-order valence-electron chi connectivity index (χ0n) is 18.9. The minimum absolute atomic E-state index is 0.290. The molecule has 33 heavy (non-hydrogen) atoms. The summed E-state index contributed by atoms with van der Waals surface area (Å²) in [5.41, 5.74) is 1.43. The second kappa shape index (κ2) is 9.49. The molecule has 2 aromatic heterocycles. The average molecular weight is 505 g/mol. The molecule has 1 fully saturated rings. The van der Waals surface area contributed by atoms with Crippen LogP contribution in [-0.4, -0.2) is 48.9 Å². The van der Waals surface area contributed by atoms with Crippen molar-refractivity contribution in [1.82, 2.24) is 14.3 Å². The van der Waals surface area contributed by atoms with Crippen LogP contribution in [0.3, 0.4) is 0 Å². The van der Waals surface area contributed by atoms with Gasteiger partial charge >= 0.3 is 0 Å². The number of aryl methyl sites for hydroxylation is 3. The number of thiophene rings is 1. The average Bonchev–Trinajstić information content (AvgIpc) is 3.21. The molecule has 0 amide bonds. The first-order valence-electron chi connectivity index (χ1n) is 11.8. The van der Waals surface area contributed by atoms with Crippen molar-refractivity contribution in [2.24, 2.45) is 0 Å². The van der Waals surface area contributed by atoms with E-state index in [0.29, 0.717) is 36.1 Å². The number of hydrogen-bond acceptors (Lipinski definition) is 6. The highest BCUT2D eigenvalue weighted by Crippen LogP contribution is 2.40. The molecule has 0 unspecified atom stereocenters. The van der Waals surface area contributed by atoms with Crippen molar-refractivity contribution in [3.63, 3.8) is 0 Å². The summed E-state index contributed by atoms with van der Waals surface area (Å²) in [5, 5.41) is 1.74. The molecule has 2 aliphatic rings. The van der Waals surface area contributed by atoms with Gasteiger partial charge in [-0.1, -0.05) is 24.9 Å². The number of piperazine rings is 1. The topological polar surface area (TPSA) is 66.4 Å². The Hall–Kier alpha value is -1.74. The summed E-state index contributed by atoms with van der Waals surface area (Å²) in [6, 6.07) is 6.41. The molecule has 3 heterocycles. The lowest BCUT2D eigenvalue weighted by Gasteiger charge is -2.35. The van der Waals surface area contributed by atoms with Crippen LogP contribution in [0.4, 0.5) is 5.82 Å². The van der Waals surface area contributed by atoms with Crippen LogP contribution in [0.15, 0.2) is 29.2 Å². The van der Waals surface area contributed by atoms with Crippen LogP contribution in [0, 0.1) is 0 Å². The van der Waals surface area contributed by atoms with Gasteiger partial charge in [0.05, 0.1) is 10.3 Å². The summed E-state index contributed by atoms with van der Waals surface area (Å²) in [6.07, 6.45) is 7.74. The summed E-state index contributed by atoms with van der Waals surface area (Å²) in [4.78, 5) is 15.1. The minimum Gasteiger partial charge on any atom is -0.353 e. The molecular formula is C24H29ClN4O2S2. The highest BCUT2D eigenvalue weighted by atomic mass is 35.5. The number of aromatic nitrogens is 2. The second-order valence-electron chi connectivity index (χ2n) is 8.80. The van der Waals surface area contributed by atoms with Crippen molar-refractivity contribution in [3.05, 3.63) is 45.6 Å². The van der Waals surface area contributed by atoms with Crippen LogP contribution < -0.4 is 4.90 Å². The maximum absolute atomic E-state index is 13.1. The number of hydrogen-bond donors (Lipinski definition) is 0. The molecule has 3 aromatic rings. The Balaban J connectivity index is 1.44. The normalized spacial score (nSPS) is 17.5. The van der Waals surface area contributed by atoms with E-state index in [1.165, 1.54) is 28.7 Å². The molecule has 0 saturated carbocycles. The van der Waals surface area contributed by atoms with Gasteiger partial charge in [-0.3, -0.25) is 0 Å². The molecule has 6 nitrogen and oxygen atoms in total. The van der Waals surface area contributed by atoms with E-state index in [4.69, 9.17) is 21.6 Å². The minimum atomic E-state index is -3.53. The molecule has 9 heteroatoms. The number of unbranched alkanes of at least 4 members (excludes halogenated alkanes) is 1. The van der Waals surface area contributed by atoms with Gasteiger partial charge in [-0.25, -0.2) is 18.4 Å². The zero-order chi connectivity index (χ0) is 23.0. The van der Waals surface area contributed by atoms with Crippen molar-refractivity contribution in [3.8, 4) is 0 Å². The first-order chi connectivity index (χ1) is 16.0. The second-order valence-corrected chi connectivity index (χ2v) is 12.3. The molecule has 1 aliphatic heterocycles. The highest BCUT2D eigenvalue weighted by molar-refractivity contribution is 7.89. The molecule has 0 spiro atoms. The van der Waals surface area contributed by atoms with E-state index in [2.05, 4.69) is 11.8 Å². The molecule has 5 rings (SSSR count). The van der Waals surface area contributed by atoms with Crippen molar-refractivity contribution < 1.29 is 8.42 Å². The number of benzene rings is 1. The number of nitrogens with zero attached hydrogens (tertiary/aromatic N) is 4. The zero-order valence-corrected chi connectivity index (χ0v) is 21.3. The molecule has 0 bridgehead atoms. The Morgan fingerprint density at radius 3 is 2.48 bits per heavy atom. The van der Waals surface area contributed by atoms with E-state index in [1.807, 2.05) is 11.3 Å². The van der Waals surface area contributed by atoms with Gasteiger partial charge < -0.3 is 4.90 Å². The van der Waals surface area contributed by atoms with Crippen LogP contribution in [0.25, 0.3) is 10.2 Å². The Morgan fingerprint density at radius 2 is 1.76 bits per heavy atom. The Labute approximate surface area is 204 Å². The lowest BCUT2D eigenvalue weighted by Crippen LogP contribution is -2.49. The Bertz CT molecular complexity index is 1250. The molecule has 176 valence electrons. The first kappa shape index (κ1) is 23.0. The largest absolute Gasteiger partial charge is 0.353 e. The lowest BCUT2D eigenvalue weighted by molar-refractivity contribution is 0.384. The third-order valence-electron chi connectivity index (χ3n) is 6.59. The fourth-order valence-corrected chi connectivity index (χ4v) is 7.58. The summed E-state index contributed by atoms with van der Waals surface area (Å²) in [7, 11) is -3.53. The SMILES string of the molecule is CCCCc1nc(N2CCN(S(=O)(=O)c3ccc(Cl)cc3)CC2)c2c3c(sc2n1)CCCC3. The van der Waals surface area contributed by atoms with Crippen molar-refractivity contribution in [1.29, 1.82) is 0 Å². The first-order valence-corrected chi connectivity index (χ1v) is 14.4. The monoisotopic (exact) mass is 504 g/mol. The van der Waals surface area contributed by atoms with Gasteiger partial charge in [0.1, 0.15) is 16.5 Å². The van der Waals surface area contributed by atoms with E-state index in [9.17, 15) is 8.42 Å². The molecule has 1 aromatic carbocycles. The summed E-state index contributed by atoms with van der Waals surface area (Å²) >= 11 is 7.78. The highest BCUT2D eigenvalue weighted by Gasteiger charge is 2.31. The van der Waals surface area contributed by atoms with Crippen LogP contribution in [-0.2, 0) is 29.3 Å². The van der Waals surface area contributed by atoms with Crippen molar-refractivity contribution in [2.45, 2.75) is 56.8 Å². The predicted molar refractivity (Wildman–Crippen MR) is 135 cm³/mol. The molecule has 0 atom stereocenters. The third kappa shape index (κ3) is 4.50.